The minimum Gasteiger partial charge on any atom is -0.472 e. The number of nitrogens with zero attached hydrogens (tertiary/aromatic N) is 3. The highest BCUT2D eigenvalue weighted by Crippen LogP contribution is 2.29. The molecule has 0 aliphatic heterocycles. The Labute approximate surface area is 135 Å². The smallest absolute Gasteiger partial charge is 0.214 e. The summed E-state index contributed by atoms with van der Waals surface area (Å²) < 4.78 is 5.83. The Morgan fingerprint density at radius 2 is 1.91 bits per heavy atom. The molecule has 3 aromatic rings. The van der Waals surface area contributed by atoms with Crippen LogP contribution in [0.5, 0.6) is 5.88 Å². The number of nitrogens with two attached hydrogens (primary N) is 1. The molecule has 0 amide bonds. The van der Waals surface area contributed by atoms with Crippen LogP contribution in [0.25, 0.3) is 22.0 Å². The molecule has 5 nitrogen and oxygen atoms in total. The highest BCUT2D eigenvalue weighted by Gasteiger charge is 2.14. The Morgan fingerprint density at radius 1 is 1.13 bits per heavy atom. The number of anilines is 1. The molecule has 0 fully saturated rings. The first kappa shape index (κ1) is 15.2. The predicted molar refractivity (Wildman–Crippen MR) is 92.3 cm³/mol. The van der Waals surface area contributed by atoms with Gasteiger partial charge in [0.2, 0.25) is 5.88 Å². The standard InChI is InChI=1S/C18H20N4O/c1-11-5-6-20-9-13(11)15-7-12-8-16(23-18(2,3)4)21-10-14(12)17(19)22-15/h5-10H,1-4H3,(H2,19,22). The largest absolute Gasteiger partial charge is 0.472 e. The summed E-state index contributed by atoms with van der Waals surface area (Å²) in [6.45, 7) is 8.00. The van der Waals surface area contributed by atoms with Crippen molar-refractivity contribution in [3.8, 4) is 17.1 Å². The van der Waals surface area contributed by atoms with Gasteiger partial charge in [-0.25, -0.2) is 9.97 Å². The van der Waals surface area contributed by atoms with Gasteiger partial charge in [-0.3, -0.25) is 4.98 Å². The van der Waals surface area contributed by atoms with Gasteiger partial charge >= 0.3 is 0 Å². The molecule has 3 rings (SSSR count). The SMILES string of the molecule is Cc1ccncc1-c1cc2cc(OC(C)(C)C)ncc2c(N)n1. The number of nitrogen functional groups attached to an aromatic ring is 1. The zero-order chi connectivity index (χ0) is 16.6. The molecule has 0 unspecified atom stereocenters. The summed E-state index contributed by atoms with van der Waals surface area (Å²) in [6, 6.07) is 5.85. The van der Waals surface area contributed by atoms with Crippen molar-refractivity contribution in [2.75, 3.05) is 5.73 Å². The summed E-state index contributed by atoms with van der Waals surface area (Å²) in [5.41, 5.74) is 8.68. The summed E-state index contributed by atoms with van der Waals surface area (Å²) in [4.78, 5) is 13.0. The van der Waals surface area contributed by atoms with Crippen LogP contribution in [0.2, 0.25) is 0 Å². The fraction of sp³-hybridized carbons (Fsp3) is 0.278. The minimum absolute atomic E-state index is 0.304. The van der Waals surface area contributed by atoms with Gasteiger partial charge in [-0.15, -0.1) is 0 Å². The third kappa shape index (κ3) is 3.23. The quantitative estimate of drug-likeness (QED) is 0.780. The second kappa shape index (κ2) is 5.50. The topological polar surface area (TPSA) is 73.9 Å². The molecule has 0 aliphatic carbocycles. The number of hydrogen-bond acceptors (Lipinski definition) is 5. The molecule has 2 N–H and O–H groups in total. The van der Waals surface area contributed by atoms with E-state index in [1.165, 1.54) is 0 Å². The molecule has 118 valence electrons. The fourth-order valence-corrected chi connectivity index (χ4v) is 2.39. The molecule has 0 saturated heterocycles. The molecule has 0 spiro atoms. The van der Waals surface area contributed by atoms with E-state index in [2.05, 4.69) is 15.0 Å². The Morgan fingerprint density at radius 3 is 2.61 bits per heavy atom. The van der Waals surface area contributed by atoms with Crippen molar-refractivity contribution in [3.63, 3.8) is 0 Å². The molecule has 23 heavy (non-hydrogen) atoms. The van der Waals surface area contributed by atoms with E-state index in [1.54, 1.807) is 18.6 Å². The van der Waals surface area contributed by atoms with E-state index in [-0.39, 0.29) is 5.60 Å². The average molecular weight is 308 g/mol. The minimum atomic E-state index is -0.304. The number of ether oxygens (including phenoxy) is 1. The number of aryl methyl sites for hydroxylation is 1. The van der Waals surface area contributed by atoms with E-state index in [9.17, 15) is 0 Å². The molecule has 0 bridgehead atoms. The average Bonchev–Trinajstić information content (AvgIpc) is 2.45. The van der Waals surface area contributed by atoms with Crippen LogP contribution in [0.15, 0.2) is 36.8 Å². The second-order valence-corrected chi connectivity index (χ2v) is 6.54. The van der Waals surface area contributed by atoms with Crippen molar-refractivity contribution in [3.05, 3.63) is 42.4 Å². The van der Waals surface area contributed by atoms with E-state index < -0.39 is 0 Å². The maximum absolute atomic E-state index is 6.11. The highest BCUT2D eigenvalue weighted by molar-refractivity contribution is 5.93. The van der Waals surface area contributed by atoms with Crippen LogP contribution in [0, 0.1) is 6.92 Å². The van der Waals surface area contributed by atoms with Crippen molar-refractivity contribution < 1.29 is 4.74 Å². The van der Waals surface area contributed by atoms with Gasteiger partial charge in [0.1, 0.15) is 11.4 Å². The lowest BCUT2D eigenvalue weighted by Gasteiger charge is -2.20. The molecule has 0 aliphatic rings. The molecule has 3 aromatic heterocycles. The first-order chi connectivity index (χ1) is 10.8. The summed E-state index contributed by atoms with van der Waals surface area (Å²) in [5, 5.41) is 1.77. The van der Waals surface area contributed by atoms with Crippen molar-refractivity contribution in [1.29, 1.82) is 0 Å². The van der Waals surface area contributed by atoms with Crippen molar-refractivity contribution in [2.24, 2.45) is 0 Å². The lowest BCUT2D eigenvalue weighted by molar-refractivity contribution is 0.124. The van der Waals surface area contributed by atoms with E-state index in [4.69, 9.17) is 10.5 Å². The number of fused-ring (bicyclic) bond motifs is 1. The lowest BCUT2D eigenvalue weighted by atomic mass is 10.1. The Hall–Kier alpha value is -2.69. The first-order valence-corrected chi connectivity index (χ1v) is 7.50. The number of aromatic nitrogens is 3. The molecule has 0 saturated carbocycles. The molecular formula is C18H20N4O. The van der Waals surface area contributed by atoms with Gasteiger partial charge in [0, 0.05) is 35.6 Å². The van der Waals surface area contributed by atoms with Crippen molar-refractivity contribution >= 4 is 16.6 Å². The van der Waals surface area contributed by atoms with Crippen LogP contribution < -0.4 is 10.5 Å². The fourth-order valence-electron chi connectivity index (χ4n) is 2.39. The third-order valence-electron chi connectivity index (χ3n) is 3.45. The number of rotatable bonds is 2. The van der Waals surface area contributed by atoms with Gasteiger partial charge in [0.15, 0.2) is 0 Å². The highest BCUT2D eigenvalue weighted by atomic mass is 16.5. The first-order valence-electron chi connectivity index (χ1n) is 7.50. The normalized spacial score (nSPS) is 11.7. The van der Waals surface area contributed by atoms with Crippen LogP contribution in [-0.2, 0) is 0 Å². The van der Waals surface area contributed by atoms with Gasteiger partial charge < -0.3 is 10.5 Å². The Bertz CT molecular complexity index is 869. The van der Waals surface area contributed by atoms with E-state index in [0.29, 0.717) is 11.7 Å². The van der Waals surface area contributed by atoms with Gasteiger partial charge in [0.25, 0.3) is 0 Å². The summed E-state index contributed by atoms with van der Waals surface area (Å²) >= 11 is 0. The maximum Gasteiger partial charge on any atom is 0.214 e. The predicted octanol–water partition coefficient (Wildman–Crippen LogP) is 3.76. The van der Waals surface area contributed by atoms with E-state index in [1.807, 2.05) is 45.9 Å². The Balaban J connectivity index is 2.14. The molecule has 5 heteroatoms. The molecule has 3 heterocycles. The summed E-state index contributed by atoms with van der Waals surface area (Å²) in [7, 11) is 0. The number of hydrogen-bond donors (Lipinski definition) is 1. The Kier molecular flexibility index (Phi) is 3.64. The molecule has 0 atom stereocenters. The summed E-state index contributed by atoms with van der Waals surface area (Å²) in [6.07, 6.45) is 5.28. The van der Waals surface area contributed by atoms with Crippen molar-refractivity contribution in [2.45, 2.75) is 33.3 Å². The van der Waals surface area contributed by atoms with Crippen LogP contribution in [-0.4, -0.2) is 20.6 Å². The van der Waals surface area contributed by atoms with Gasteiger partial charge in [-0.1, -0.05) is 0 Å². The van der Waals surface area contributed by atoms with Crippen molar-refractivity contribution in [1.82, 2.24) is 15.0 Å². The van der Waals surface area contributed by atoms with Gasteiger partial charge in [0.05, 0.1) is 5.69 Å². The summed E-state index contributed by atoms with van der Waals surface area (Å²) in [5.74, 6) is 1.03. The van der Waals surface area contributed by atoms with E-state index in [0.717, 1.165) is 27.6 Å². The maximum atomic E-state index is 6.11. The zero-order valence-corrected chi connectivity index (χ0v) is 13.8. The van der Waals surface area contributed by atoms with E-state index >= 15 is 0 Å². The third-order valence-corrected chi connectivity index (χ3v) is 3.45. The van der Waals surface area contributed by atoms with Crippen LogP contribution in [0.1, 0.15) is 26.3 Å². The van der Waals surface area contributed by atoms with Gasteiger partial charge in [-0.2, -0.15) is 0 Å². The van der Waals surface area contributed by atoms with Crippen LogP contribution in [0.3, 0.4) is 0 Å². The molecule has 0 aromatic carbocycles. The second-order valence-electron chi connectivity index (χ2n) is 6.54. The zero-order valence-electron chi connectivity index (χ0n) is 13.8. The monoisotopic (exact) mass is 308 g/mol. The van der Waals surface area contributed by atoms with Gasteiger partial charge in [-0.05, 0) is 50.8 Å². The number of pyridine rings is 3. The molecule has 0 radical (unpaired) electrons. The molecular weight excluding hydrogens is 288 g/mol. The lowest BCUT2D eigenvalue weighted by Crippen LogP contribution is -2.23. The van der Waals surface area contributed by atoms with Crippen LogP contribution in [0.4, 0.5) is 5.82 Å². The van der Waals surface area contributed by atoms with Crippen LogP contribution >= 0.6 is 0 Å².